The summed E-state index contributed by atoms with van der Waals surface area (Å²) in [6, 6.07) is 8.93. The number of hydrogen-bond acceptors (Lipinski definition) is 4. The number of aliphatic carboxylic acids is 1. The van der Waals surface area contributed by atoms with Gasteiger partial charge in [-0.2, -0.15) is 0 Å². The lowest BCUT2D eigenvalue weighted by atomic mass is 10.1. The maximum atomic E-state index is 11.0. The molecule has 2 heterocycles. The summed E-state index contributed by atoms with van der Waals surface area (Å²) >= 11 is 7.66. The Bertz CT molecular complexity index is 685. The van der Waals surface area contributed by atoms with E-state index in [1.165, 1.54) is 11.8 Å². The van der Waals surface area contributed by atoms with Gasteiger partial charge in [-0.15, -0.1) is 11.8 Å². The first-order valence-corrected chi connectivity index (χ1v) is 7.94. The van der Waals surface area contributed by atoms with Crippen LogP contribution in [0.2, 0.25) is 5.02 Å². The minimum atomic E-state index is -0.831. The highest BCUT2D eigenvalue weighted by atomic mass is 35.5. The molecule has 2 unspecified atom stereocenters. The van der Waals surface area contributed by atoms with E-state index >= 15 is 0 Å². The summed E-state index contributed by atoms with van der Waals surface area (Å²) < 4.78 is 5.88. The van der Waals surface area contributed by atoms with Gasteiger partial charge in [0, 0.05) is 16.3 Å². The van der Waals surface area contributed by atoms with Crippen molar-refractivity contribution in [2.75, 3.05) is 5.75 Å². The van der Waals surface area contributed by atoms with Crippen LogP contribution in [0, 0.1) is 6.92 Å². The maximum Gasteiger partial charge on any atom is 0.321 e. The van der Waals surface area contributed by atoms with E-state index in [1.807, 2.05) is 37.3 Å². The molecule has 0 saturated carbocycles. The topological polar surface area (TPSA) is 62.5 Å². The first kappa shape index (κ1) is 14.5. The maximum absolute atomic E-state index is 11.0. The number of carboxylic acids is 1. The second-order valence-corrected chi connectivity index (χ2v) is 6.43. The van der Waals surface area contributed by atoms with Gasteiger partial charge < -0.3 is 9.52 Å². The number of carboxylic acid groups (broad SMARTS) is 1. The Morgan fingerprint density at radius 2 is 2.24 bits per heavy atom. The Hall–Kier alpha value is -1.43. The minimum absolute atomic E-state index is 0.126. The summed E-state index contributed by atoms with van der Waals surface area (Å²) in [5, 5.41) is 12.6. The van der Waals surface area contributed by atoms with E-state index in [9.17, 15) is 4.79 Å². The molecule has 4 nitrogen and oxygen atoms in total. The van der Waals surface area contributed by atoms with Gasteiger partial charge in [0.15, 0.2) is 0 Å². The standard InChI is InChI=1S/C15H14ClNO3S/c1-8-9(3-2-4-10(8)16)12-5-6-13(20-12)14-17-11(7-21-14)15(18)19/h2-6,11,14,17H,7H2,1H3,(H,18,19). The molecule has 6 heteroatoms. The molecule has 3 rings (SSSR count). The Kier molecular flexibility index (Phi) is 3.97. The Morgan fingerprint density at radius 1 is 1.43 bits per heavy atom. The summed E-state index contributed by atoms with van der Waals surface area (Å²) in [5.74, 6) is 1.18. The average Bonchev–Trinajstić information content (AvgIpc) is 3.09. The third-order valence-corrected chi connectivity index (χ3v) is 5.14. The molecule has 0 bridgehead atoms. The summed E-state index contributed by atoms with van der Waals surface area (Å²) in [7, 11) is 0. The number of halogens is 1. The lowest BCUT2D eigenvalue weighted by Crippen LogP contribution is -2.33. The van der Waals surface area contributed by atoms with Crippen LogP contribution in [0.4, 0.5) is 0 Å². The van der Waals surface area contributed by atoms with Crippen LogP contribution in [0.15, 0.2) is 34.7 Å². The van der Waals surface area contributed by atoms with Crippen molar-refractivity contribution in [3.05, 3.63) is 46.7 Å². The van der Waals surface area contributed by atoms with Gasteiger partial charge in [-0.1, -0.05) is 23.7 Å². The highest BCUT2D eigenvalue weighted by molar-refractivity contribution is 7.99. The van der Waals surface area contributed by atoms with Crippen molar-refractivity contribution in [2.24, 2.45) is 0 Å². The molecule has 0 spiro atoms. The van der Waals surface area contributed by atoms with E-state index in [-0.39, 0.29) is 5.37 Å². The molecule has 1 fully saturated rings. The van der Waals surface area contributed by atoms with E-state index in [2.05, 4.69) is 5.32 Å². The smallest absolute Gasteiger partial charge is 0.321 e. The van der Waals surface area contributed by atoms with E-state index in [0.717, 1.165) is 22.6 Å². The van der Waals surface area contributed by atoms with Crippen LogP contribution in [0.5, 0.6) is 0 Å². The molecule has 0 amide bonds. The Labute approximate surface area is 131 Å². The van der Waals surface area contributed by atoms with Crippen molar-refractivity contribution < 1.29 is 14.3 Å². The van der Waals surface area contributed by atoms with Gasteiger partial charge in [0.25, 0.3) is 0 Å². The molecule has 21 heavy (non-hydrogen) atoms. The van der Waals surface area contributed by atoms with Crippen molar-refractivity contribution >= 4 is 29.3 Å². The van der Waals surface area contributed by atoms with Gasteiger partial charge in [0.05, 0.1) is 0 Å². The van der Waals surface area contributed by atoms with Crippen molar-refractivity contribution in [3.8, 4) is 11.3 Å². The van der Waals surface area contributed by atoms with E-state index in [4.69, 9.17) is 21.1 Å². The number of carbonyl (C=O) groups is 1. The second-order valence-electron chi connectivity index (χ2n) is 4.89. The van der Waals surface area contributed by atoms with E-state index < -0.39 is 12.0 Å². The van der Waals surface area contributed by atoms with Crippen LogP contribution in [-0.4, -0.2) is 22.9 Å². The zero-order chi connectivity index (χ0) is 15.0. The number of benzene rings is 1. The zero-order valence-electron chi connectivity index (χ0n) is 11.3. The van der Waals surface area contributed by atoms with Gasteiger partial charge in [-0.3, -0.25) is 10.1 Å². The fraction of sp³-hybridized carbons (Fsp3) is 0.267. The van der Waals surface area contributed by atoms with Crippen molar-refractivity contribution in [2.45, 2.75) is 18.3 Å². The quantitative estimate of drug-likeness (QED) is 0.902. The molecular weight excluding hydrogens is 310 g/mol. The fourth-order valence-corrected chi connectivity index (χ4v) is 3.64. The van der Waals surface area contributed by atoms with Gasteiger partial charge in [-0.05, 0) is 30.7 Å². The minimum Gasteiger partial charge on any atom is -0.480 e. The molecule has 0 radical (unpaired) electrons. The van der Waals surface area contributed by atoms with E-state index in [0.29, 0.717) is 10.8 Å². The second kappa shape index (κ2) is 5.75. The average molecular weight is 324 g/mol. The van der Waals surface area contributed by atoms with Gasteiger partial charge >= 0.3 is 5.97 Å². The molecule has 1 aliphatic rings. The Balaban J connectivity index is 1.84. The summed E-state index contributed by atoms with van der Waals surface area (Å²) in [6.07, 6.45) is 0. The van der Waals surface area contributed by atoms with Crippen LogP contribution in [0.1, 0.15) is 16.7 Å². The van der Waals surface area contributed by atoms with Crippen LogP contribution < -0.4 is 5.32 Å². The Morgan fingerprint density at radius 3 is 2.95 bits per heavy atom. The largest absolute Gasteiger partial charge is 0.480 e. The van der Waals surface area contributed by atoms with E-state index in [1.54, 1.807) is 0 Å². The number of hydrogen-bond donors (Lipinski definition) is 2. The zero-order valence-corrected chi connectivity index (χ0v) is 12.9. The van der Waals surface area contributed by atoms with Crippen LogP contribution in [-0.2, 0) is 4.79 Å². The number of rotatable bonds is 3. The third kappa shape index (κ3) is 2.81. The third-order valence-electron chi connectivity index (χ3n) is 3.50. The lowest BCUT2D eigenvalue weighted by Gasteiger charge is -2.08. The predicted octanol–water partition coefficient (Wildman–Crippen LogP) is 3.70. The number of furan rings is 1. The summed E-state index contributed by atoms with van der Waals surface area (Å²) in [4.78, 5) is 11.0. The molecule has 1 saturated heterocycles. The van der Waals surface area contributed by atoms with Crippen LogP contribution in [0.25, 0.3) is 11.3 Å². The monoisotopic (exact) mass is 323 g/mol. The van der Waals surface area contributed by atoms with Crippen molar-refractivity contribution in [1.82, 2.24) is 5.32 Å². The molecule has 1 aromatic carbocycles. The van der Waals surface area contributed by atoms with Crippen LogP contribution >= 0.6 is 23.4 Å². The molecular formula is C15H14ClNO3S. The van der Waals surface area contributed by atoms with Gasteiger partial charge in [-0.25, -0.2) is 0 Å². The predicted molar refractivity (Wildman–Crippen MR) is 83.6 cm³/mol. The molecule has 2 atom stereocenters. The number of thioether (sulfide) groups is 1. The molecule has 2 aromatic rings. The highest BCUT2D eigenvalue weighted by Crippen LogP contribution is 2.37. The molecule has 110 valence electrons. The molecule has 1 aromatic heterocycles. The SMILES string of the molecule is Cc1c(Cl)cccc1-c1ccc(C2NC(C(=O)O)CS2)o1. The highest BCUT2D eigenvalue weighted by Gasteiger charge is 2.32. The molecule has 2 N–H and O–H groups in total. The summed E-state index contributed by atoms with van der Waals surface area (Å²) in [5.41, 5.74) is 1.92. The van der Waals surface area contributed by atoms with Gasteiger partial charge in [0.2, 0.25) is 0 Å². The van der Waals surface area contributed by atoms with Gasteiger partial charge in [0.1, 0.15) is 22.9 Å². The van der Waals surface area contributed by atoms with Crippen LogP contribution in [0.3, 0.4) is 0 Å². The lowest BCUT2D eigenvalue weighted by molar-refractivity contribution is -0.138. The summed E-state index contributed by atoms with van der Waals surface area (Å²) in [6.45, 7) is 1.95. The first-order valence-electron chi connectivity index (χ1n) is 6.52. The number of nitrogens with one attached hydrogen (secondary N) is 1. The van der Waals surface area contributed by atoms with Crippen molar-refractivity contribution in [1.29, 1.82) is 0 Å². The van der Waals surface area contributed by atoms with Crippen molar-refractivity contribution in [3.63, 3.8) is 0 Å². The molecule has 0 aliphatic carbocycles. The first-order chi connectivity index (χ1) is 10.1. The fourth-order valence-electron chi connectivity index (χ4n) is 2.29. The normalized spacial score (nSPS) is 21.6. The molecule has 1 aliphatic heterocycles.